The van der Waals surface area contributed by atoms with Gasteiger partial charge >= 0.3 is 0 Å². The molecule has 0 spiro atoms. The summed E-state index contributed by atoms with van der Waals surface area (Å²) in [5.41, 5.74) is 4.74. The van der Waals surface area contributed by atoms with Crippen molar-refractivity contribution >= 4 is 23.4 Å². The van der Waals surface area contributed by atoms with Crippen LogP contribution in [0.25, 0.3) is 0 Å². The third-order valence-electron chi connectivity index (χ3n) is 6.78. The van der Waals surface area contributed by atoms with Gasteiger partial charge in [0.05, 0.1) is 18.6 Å². The molecule has 3 aromatic rings. The van der Waals surface area contributed by atoms with E-state index in [1.807, 2.05) is 36.4 Å². The summed E-state index contributed by atoms with van der Waals surface area (Å²) in [6.45, 7) is 6.27. The van der Waals surface area contributed by atoms with Crippen molar-refractivity contribution in [3.05, 3.63) is 92.4 Å². The lowest BCUT2D eigenvalue weighted by Crippen LogP contribution is -2.37. The van der Waals surface area contributed by atoms with Crippen LogP contribution in [0.3, 0.4) is 0 Å². The maximum atomic E-state index is 13.5. The molecule has 0 amide bonds. The summed E-state index contributed by atoms with van der Waals surface area (Å²) >= 11 is 1.49. The fourth-order valence-electron chi connectivity index (χ4n) is 5.10. The minimum Gasteiger partial charge on any atom is -0.496 e. The molecular formula is C28H29N3O3S. The monoisotopic (exact) mass is 487 g/mol. The number of carbonyl (C=O) groups is 1. The SMILES string of the molecule is COc1ccccc1C1C2=C(CC(C)(C)CC2=O)Nc2nc(SCc3ccccc3C)[nH]c(=O)c21. The number of hydrogen-bond acceptors (Lipinski definition) is 6. The Kier molecular flexibility index (Phi) is 6.05. The number of nitrogens with zero attached hydrogens (tertiary/aromatic N) is 1. The number of ether oxygens (including phenoxy) is 1. The molecule has 2 heterocycles. The van der Waals surface area contributed by atoms with Gasteiger partial charge in [-0.3, -0.25) is 9.59 Å². The van der Waals surface area contributed by atoms with Crippen LogP contribution in [0.1, 0.15) is 54.9 Å². The van der Waals surface area contributed by atoms with Crippen molar-refractivity contribution in [1.29, 1.82) is 0 Å². The molecule has 1 aromatic heterocycles. The summed E-state index contributed by atoms with van der Waals surface area (Å²) in [6.07, 6.45) is 1.14. The van der Waals surface area contributed by atoms with Gasteiger partial charge in [-0.05, 0) is 36.0 Å². The van der Waals surface area contributed by atoms with E-state index in [9.17, 15) is 9.59 Å². The van der Waals surface area contributed by atoms with E-state index in [2.05, 4.69) is 43.2 Å². The standard InChI is InChI=1S/C28H29N3O3S/c1-16-9-5-6-10-17(16)15-35-27-30-25-24(26(33)31-27)22(18-11-7-8-12-21(18)34-4)23-19(29-25)13-28(2,3)14-20(23)32/h5-12,22H,13-15H2,1-4H3,(H2,29,30,31,33). The van der Waals surface area contributed by atoms with Gasteiger partial charge in [0.1, 0.15) is 11.6 Å². The molecule has 5 rings (SSSR count). The van der Waals surface area contributed by atoms with Crippen molar-refractivity contribution in [3.63, 3.8) is 0 Å². The summed E-state index contributed by atoms with van der Waals surface area (Å²) in [5.74, 6) is 1.38. The van der Waals surface area contributed by atoms with E-state index in [4.69, 9.17) is 9.72 Å². The predicted molar refractivity (Wildman–Crippen MR) is 139 cm³/mol. The van der Waals surface area contributed by atoms with Crippen LogP contribution in [0.15, 0.2) is 69.8 Å². The first-order valence-electron chi connectivity index (χ1n) is 11.7. The molecule has 35 heavy (non-hydrogen) atoms. The number of para-hydroxylation sites is 1. The zero-order valence-electron chi connectivity index (χ0n) is 20.4. The second kappa shape index (κ2) is 9.04. The summed E-state index contributed by atoms with van der Waals surface area (Å²) in [6, 6.07) is 15.8. The molecule has 0 saturated heterocycles. The fourth-order valence-corrected chi connectivity index (χ4v) is 6.03. The highest BCUT2D eigenvalue weighted by molar-refractivity contribution is 7.98. The molecule has 2 N–H and O–H groups in total. The van der Waals surface area contributed by atoms with E-state index in [-0.39, 0.29) is 16.8 Å². The van der Waals surface area contributed by atoms with Crippen LogP contribution in [-0.2, 0) is 10.5 Å². The lowest BCUT2D eigenvalue weighted by atomic mass is 9.69. The molecule has 0 saturated carbocycles. The van der Waals surface area contributed by atoms with Crippen LogP contribution < -0.4 is 15.6 Å². The van der Waals surface area contributed by atoms with Crippen LogP contribution in [0, 0.1) is 12.3 Å². The number of aromatic nitrogens is 2. The number of methoxy groups -OCH3 is 1. The average molecular weight is 488 g/mol. The van der Waals surface area contributed by atoms with E-state index in [1.165, 1.54) is 22.9 Å². The van der Waals surface area contributed by atoms with E-state index in [0.29, 0.717) is 46.5 Å². The highest BCUT2D eigenvalue weighted by Crippen LogP contribution is 2.49. The minimum atomic E-state index is -0.535. The fraction of sp³-hybridized carbons (Fsp3) is 0.321. The predicted octanol–water partition coefficient (Wildman–Crippen LogP) is 5.58. The number of anilines is 1. The molecule has 0 radical (unpaired) electrons. The zero-order chi connectivity index (χ0) is 24.7. The highest BCUT2D eigenvalue weighted by atomic mass is 32.2. The number of allylic oxidation sites excluding steroid dienone is 2. The zero-order valence-corrected chi connectivity index (χ0v) is 21.2. The number of thioether (sulfide) groups is 1. The molecule has 1 aliphatic heterocycles. The van der Waals surface area contributed by atoms with Crippen molar-refractivity contribution in [3.8, 4) is 5.75 Å². The Labute approximate surface area is 209 Å². The van der Waals surface area contributed by atoms with Gasteiger partial charge < -0.3 is 15.0 Å². The van der Waals surface area contributed by atoms with Crippen LogP contribution >= 0.6 is 11.8 Å². The smallest absolute Gasteiger partial charge is 0.257 e. The average Bonchev–Trinajstić information content (AvgIpc) is 2.81. The quantitative estimate of drug-likeness (QED) is 0.361. The normalized spacial score (nSPS) is 18.5. The summed E-state index contributed by atoms with van der Waals surface area (Å²) in [5, 5.41) is 3.94. The third kappa shape index (κ3) is 4.41. The maximum Gasteiger partial charge on any atom is 0.257 e. The second-order valence-corrected chi connectivity index (χ2v) is 10.9. The number of carbonyl (C=O) groups excluding carboxylic acids is 1. The number of nitrogens with one attached hydrogen (secondary N) is 2. The number of Topliss-reactive ketones (excluding diaryl/α,β-unsaturated/α-hetero) is 1. The molecular weight excluding hydrogens is 458 g/mol. The molecule has 1 aliphatic carbocycles. The Morgan fingerprint density at radius 2 is 1.83 bits per heavy atom. The Morgan fingerprint density at radius 1 is 1.09 bits per heavy atom. The van der Waals surface area contributed by atoms with Crippen molar-refractivity contribution in [2.45, 2.75) is 50.4 Å². The summed E-state index contributed by atoms with van der Waals surface area (Å²) < 4.78 is 5.64. The number of fused-ring (bicyclic) bond motifs is 1. The third-order valence-corrected chi connectivity index (χ3v) is 7.70. The molecule has 1 unspecified atom stereocenters. The van der Waals surface area contributed by atoms with Crippen molar-refractivity contribution in [2.24, 2.45) is 5.41 Å². The largest absolute Gasteiger partial charge is 0.496 e. The van der Waals surface area contributed by atoms with Gasteiger partial charge in [0.2, 0.25) is 0 Å². The lowest BCUT2D eigenvalue weighted by Gasteiger charge is -2.38. The Hall–Kier alpha value is -3.32. The number of aromatic amines is 1. The summed E-state index contributed by atoms with van der Waals surface area (Å²) in [4.78, 5) is 34.8. The first-order valence-corrected chi connectivity index (χ1v) is 12.7. The van der Waals surface area contributed by atoms with Crippen molar-refractivity contribution < 1.29 is 9.53 Å². The molecule has 1 atom stereocenters. The van der Waals surface area contributed by atoms with Crippen LogP contribution in [0.4, 0.5) is 5.82 Å². The Morgan fingerprint density at radius 3 is 2.60 bits per heavy atom. The minimum absolute atomic E-state index is 0.0581. The number of aryl methyl sites for hydroxylation is 1. The molecule has 0 fully saturated rings. The number of rotatable bonds is 5. The first kappa shape index (κ1) is 23.4. The number of H-pyrrole nitrogens is 1. The van der Waals surface area contributed by atoms with Gasteiger partial charge in [0.25, 0.3) is 5.56 Å². The van der Waals surface area contributed by atoms with E-state index in [1.54, 1.807) is 7.11 Å². The van der Waals surface area contributed by atoms with Gasteiger partial charge in [-0.15, -0.1) is 0 Å². The number of ketones is 1. The maximum absolute atomic E-state index is 13.5. The van der Waals surface area contributed by atoms with E-state index < -0.39 is 5.92 Å². The Bertz CT molecular complexity index is 1410. The topological polar surface area (TPSA) is 84.1 Å². The van der Waals surface area contributed by atoms with Gasteiger partial charge in [-0.1, -0.05) is 68.1 Å². The molecule has 7 heteroatoms. The van der Waals surface area contributed by atoms with Gasteiger partial charge in [-0.2, -0.15) is 0 Å². The Balaban J connectivity index is 1.62. The van der Waals surface area contributed by atoms with Gasteiger partial charge in [0, 0.05) is 29.0 Å². The van der Waals surface area contributed by atoms with Crippen LogP contribution in [0.5, 0.6) is 5.75 Å². The van der Waals surface area contributed by atoms with Crippen LogP contribution in [-0.4, -0.2) is 22.9 Å². The second-order valence-electron chi connectivity index (χ2n) is 9.98. The van der Waals surface area contributed by atoms with E-state index in [0.717, 1.165) is 11.3 Å². The van der Waals surface area contributed by atoms with Crippen LogP contribution in [0.2, 0.25) is 0 Å². The molecule has 0 bridgehead atoms. The number of hydrogen-bond donors (Lipinski definition) is 2. The lowest BCUT2D eigenvalue weighted by molar-refractivity contribution is -0.118. The van der Waals surface area contributed by atoms with Crippen molar-refractivity contribution in [1.82, 2.24) is 9.97 Å². The molecule has 2 aromatic carbocycles. The first-order chi connectivity index (χ1) is 16.8. The molecule has 2 aliphatic rings. The van der Waals surface area contributed by atoms with Crippen molar-refractivity contribution in [2.75, 3.05) is 12.4 Å². The number of benzene rings is 2. The highest BCUT2D eigenvalue weighted by Gasteiger charge is 2.43. The molecule has 180 valence electrons. The van der Waals surface area contributed by atoms with E-state index >= 15 is 0 Å². The van der Waals surface area contributed by atoms with Gasteiger partial charge in [-0.25, -0.2) is 4.98 Å². The molecule has 6 nitrogen and oxygen atoms in total. The van der Waals surface area contributed by atoms with Gasteiger partial charge in [0.15, 0.2) is 10.9 Å². The summed E-state index contributed by atoms with van der Waals surface area (Å²) in [7, 11) is 1.61.